The molecule has 0 saturated carbocycles. The van der Waals surface area contributed by atoms with Crippen LogP contribution in [0.2, 0.25) is 5.15 Å². The maximum Gasteiger partial charge on any atom is 0.239 e. The third-order valence-corrected chi connectivity index (χ3v) is 3.15. The van der Waals surface area contributed by atoms with E-state index in [1.807, 2.05) is 20.8 Å². The summed E-state index contributed by atoms with van der Waals surface area (Å²) in [5, 5.41) is 7.97. The number of hydrogen-bond acceptors (Lipinski definition) is 4. The molecule has 2 rings (SSSR count). The minimum Gasteiger partial charge on any atom is -0.493 e. The number of nitrogens with zero attached hydrogens (tertiary/aromatic N) is 2. The van der Waals surface area contributed by atoms with Crippen molar-refractivity contribution in [1.82, 2.24) is 10.2 Å². The van der Waals surface area contributed by atoms with Crippen LogP contribution in [-0.2, 0) is 0 Å². The normalized spacial score (nSPS) is 10.4. The van der Waals surface area contributed by atoms with Gasteiger partial charge in [0.1, 0.15) is 0 Å². The fourth-order valence-corrected chi connectivity index (χ4v) is 1.97. The second-order valence-corrected chi connectivity index (χ2v) is 4.68. The van der Waals surface area contributed by atoms with E-state index in [9.17, 15) is 0 Å². The van der Waals surface area contributed by atoms with E-state index in [0.29, 0.717) is 22.5 Å². The van der Waals surface area contributed by atoms with E-state index in [-0.39, 0.29) is 0 Å². The van der Waals surface area contributed by atoms with Crippen LogP contribution in [0.15, 0.2) is 18.2 Å². The number of hydrogen-bond donors (Lipinski definition) is 0. The maximum absolute atomic E-state index is 5.79. The molecule has 0 spiro atoms. The standard InChI is InChI=1S/C14H15ClN2O2/c1-8-7-9(2)13(18-4)14(10(8)3)19-12-6-5-11(15)16-17-12/h5-7H,1-4H3. The molecule has 0 aliphatic carbocycles. The molecule has 0 fully saturated rings. The van der Waals surface area contributed by atoms with Crippen LogP contribution in [0.5, 0.6) is 17.4 Å². The van der Waals surface area contributed by atoms with E-state index in [4.69, 9.17) is 21.1 Å². The Morgan fingerprint density at radius 2 is 1.74 bits per heavy atom. The van der Waals surface area contributed by atoms with Gasteiger partial charge in [-0.1, -0.05) is 17.7 Å². The van der Waals surface area contributed by atoms with Gasteiger partial charge >= 0.3 is 0 Å². The molecule has 0 unspecified atom stereocenters. The van der Waals surface area contributed by atoms with Crippen LogP contribution in [0.4, 0.5) is 0 Å². The summed E-state index contributed by atoms with van der Waals surface area (Å²) in [5.74, 6) is 1.76. The van der Waals surface area contributed by atoms with Crippen molar-refractivity contribution in [2.24, 2.45) is 0 Å². The maximum atomic E-state index is 5.79. The second kappa shape index (κ2) is 5.45. The molecule has 0 aliphatic rings. The number of halogens is 1. The Kier molecular flexibility index (Phi) is 3.90. The van der Waals surface area contributed by atoms with Gasteiger partial charge in [-0.25, -0.2) is 0 Å². The molecule has 0 N–H and O–H groups in total. The summed E-state index contributed by atoms with van der Waals surface area (Å²) < 4.78 is 11.2. The van der Waals surface area contributed by atoms with Crippen molar-refractivity contribution in [1.29, 1.82) is 0 Å². The van der Waals surface area contributed by atoms with Gasteiger partial charge in [0.05, 0.1) is 7.11 Å². The van der Waals surface area contributed by atoms with Crippen LogP contribution >= 0.6 is 11.6 Å². The molecule has 0 aliphatic heterocycles. The number of methoxy groups -OCH3 is 1. The fraction of sp³-hybridized carbons (Fsp3) is 0.286. The molecule has 4 nitrogen and oxygen atoms in total. The van der Waals surface area contributed by atoms with E-state index in [2.05, 4.69) is 16.3 Å². The SMILES string of the molecule is COc1c(C)cc(C)c(C)c1Oc1ccc(Cl)nn1. The minimum absolute atomic E-state index is 0.330. The Bertz CT molecular complexity index is 597. The molecular formula is C14H15ClN2O2. The van der Waals surface area contributed by atoms with Crippen molar-refractivity contribution in [2.75, 3.05) is 7.11 Å². The van der Waals surface area contributed by atoms with Crippen LogP contribution < -0.4 is 9.47 Å². The average Bonchev–Trinajstić information content (AvgIpc) is 2.38. The van der Waals surface area contributed by atoms with E-state index in [1.165, 1.54) is 0 Å². The Morgan fingerprint density at radius 3 is 2.32 bits per heavy atom. The van der Waals surface area contributed by atoms with Gasteiger partial charge in [0.25, 0.3) is 0 Å². The van der Waals surface area contributed by atoms with E-state index in [1.54, 1.807) is 19.2 Å². The van der Waals surface area contributed by atoms with Gasteiger partial charge in [-0.05, 0) is 43.5 Å². The van der Waals surface area contributed by atoms with Gasteiger partial charge in [-0.2, -0.15) is 0 Å². The number of ether oxygens (including phenoxy) is 2. The average molecular weight is 279 g/mol. The monoisotopic (exact) mass is 278 g/mol. The van der Waals surface area contributed by atoms with Gasteiger partial charge in [-0.15, -0.1) is 10.2 Å². The van der Waals surface area contributed by atoms with Crippen LogP contribution in [0.1, 0.15) is 16.7 Å². The predicted octanol–water partition coefficient (Wildman–Crippen LogP) is 3.86. The topological polar surface area (TPSA) is 44.2 Å². The smallest absolute Gasteiger partial charge is 0.239 e. The number of aromatic nitrogens is 2. The molecule has 1 aromatic carbocycles. The van der Waals surface area contributed by atoms with Gasteiger partial charge in [-0.3, -0.25) is 0 Å². The molecule has 0 bridgehead atoms. The van der Waals surface area contributed by atoms with Crippen LogP contribution in [0.3, 0.4) is 0 Å². The molecule has 0 saturated heterocycles. The number of benzene rings is 1. The molecule has 0 amide bonds. The molecule has 5 heteroatoms. The molecule has 2 aromatic rings. The summed E-state index contributed by atoms with van der Waals surface area (Å²) in [6.45, 7) is 5.99. The summed E-state index contributed by atoms with van der Waals surface area (Å²) in [4.78, 5) is 0. The molecule has 100 valence electrons. The first-order valence-corrected chi connectivity index (χ1v) is 6.22. The molecule has 19 heavy (non-hydrogen) atoms. The van der Waals surface area contributed by atoms with Crippen LogP contribution in [0.25, 0.3) is 0 Å². The van der Waals surface area contributed by atoms with Gasteiger partial charge < -0.3 is 9.47 Å². The first-order chi connectivity index (χ1) is 9.02. The quantitative estimate of drug-likeness (QED) is 0.855. The van der Waals surface area contributed by atoms with Crippen LogP contribution in [0, 0.1) is 20.8 Å². The lowest BCUT2D eigenvalue weighted by Crippen LogP contribution is -1.99. The Labute approximate surface area is 117 Å². The lowest BCUT2D eigenvalue weighted by Gasteiger charge is -2.16. The Morgan fingerprint density at radius 1 is 1.00 bits per heavy atom. The first-order valence-electron chi connectivity index (χ1n) is 5.84. The van der Waals surface area contributed by atoms with Gasteiger partial charge in [0.2, 0.25) is 5.88 Å². The Balaban J connectivity index is 2.46. The minimum atomic E-state index is 0.330. The summed E-state index contributed by atoms with van der Waals surface area (Å²) in [5.41, 5.74) is 3.16. The largest absolute Gasteiger partial charge is 0.493 e. The van der Waals surface area contributed by atoms with Gasteiger partial charge in [0, 0.05) is 6.07 Å². The van der Waals surface area contributed by atoms with Gasteiger partial charge in [0.15, 0.2) is 16.7 Å². The molecule has 0 atom stereocenters. The highest BCUT2D eigenvalue weighted by molar-refractivity contribution is 6.29. The van der Waals surface area contributed by atoms with Crippen molar-refractivity contribution >= 4 is 11.6 Å². The molecule has 0 radical (unpaired) electrons. The summed E-state index contributed by atoms with van der Waals surface area (Å²) >= 11 is 5.70. The van der Waals surface area contributed by atoms with Crippen molar-refractivity contribution in [2.45, 2.75) is 20.8 Å². The molecule has 1 aromatic heterocycles. The summed E-state index contributed by atoms with van der Waals surface area (Å²) in [6, 6.07) is 5.37. The summed E-state index contributed by atoms with van der Waals surface area (Å²) in [7, 11) is 1.62. The third kappa shape index (κ3) is 2.79. The van der Waals surface area contributed by atoms with Crippen molar-refractivity contribution < 1.29 is 9.47 Å². The third-order valence-electron chi connectivity index (χ3n) is 2.95. The molecular weight excluding hydrogens is 264 g/mol. The second-order valence-electron chi connectivity index (χ2n) is 4.29. The summed E-state index contributed by atoms with van der Waals surface area (Å²) in [6.07, 6.45) is 0. The zero-order valence-corrected chi connectivity index (χ0v) is 12.1. The number of aryl methyl sites for hydroxylation is 2. The highest BCUT2D eigenvalue weighted by Gasteiger charge is 2.15. The van der Waals surface area contributed by atoms with Crippen molar-refractivity contribution in [3.8, 4) is 17.4 Å². The molecule has 1 heterocycles. The lowest BCUT2D eigenvalue weighted by atomic mass is 10.0. The zero-order chi connectivity index (χ0) is 14.0. The van der Waals surface area contributed by atoms with E-state index >= 15 is 0 Å². The van der Waals surface area contributed by atoms with Crippen molar-refractivity contribution in [3.05, 3.63) is 40.0 Å². The number of rotatable bonds is 3. The highest BCUT2D eigenvalue weighted by atomic mass is 35.5. The zero-order valence-electron chi connectivity index (χ0n) is 11.3. The fourth-order valence-electron chi connectivity index (χ4n) is 1.87. The van der Waals surface area contributed by atoms with E-state index in [0.717, 1.165) is 16.7 Å². The lowest BCUT2D eigenvalue weighted by molar-refractivity contribution is 0.368. The van der Waals surface area contributed by atoms with Crippen molar-refractivity contribution in [3.63, 3.8) is 0 Å². The van der Waals surface area contributed by atoms with Crippen LogP contribution in [-0.4, -0.2) is 17.3 Å². The Hall–Kier alpha value is -1.81. The first kappa shape index (κ1) is 13.6. The van der Waals surface area contributed by atoms with E-state index < -0.39 is 0 Å². The predicted molar refractivity (Wildman–Crippen MR) is 74.3 cm³/mol. The highest BCUT2D eigenvalue weighted by Crippen LogP contribution is 2.38.